The van der Waals surface area contributed by atoms with E-state index in [0.717, 1.165) is 18.9 Å². The first-order chi connectivity index (χ1) is 9.89. The van der Waals surface area contributed by atoms with Gasteiger partial charge in [-0.1, -0.05) is 19.1 Å². The van der Waals surface area contributed by atoms with Gasteiger partial charge >= 0.3 is 5.97 Å². The van der Waals surface area contributed by atoms with Gasteiger partial charge in [0.05, 0.1) is 4.90 Å². The summed E-state index contributed by atoms with van der Waals surface area (Å²) in [4.78, 5) is 10.7. The van der Waals surface area contributed by atoms with Gasteiger partial charge < -0.3 is 5.11 Å². The average Bonchev–Trinajstić information content (AvgIpc) is 2.45. The van der Waals surface area contributed by atoms with E-state index in [0.29, 0.717) is 24.6 Å². The molecule has 21 heavy (non-hydrogen) atoms. The maximum Gasteiger partial charge on any atom is 0.328 e. The molecule has 1 aromatic rings. The minimum Gasteiger partial charge on any atom is -0.478 e. The van der Waals surface area contributed by atoms with Gasteiger partial charge in [0.15, 0.2) is 0 Å². The molecular weight excluding hydrogens is 290 g/mol. The van der Waals surface area contributed by atoms with Gasteiger partial charge in [0.1, 0.15) is 0 Å². The third-order valence-corrected chi connectivity index (χ3v) is 5.40. The molecule has 1 aromatic carbocycles. The second-order valence-electron chi connectivity index (χ2n) is 5.35. The summed E-state index contributed by atoms with van der Waals surface area (Å²) in [6.45, 7) is 3.13. The van der Waals surface area contributed by atoms with E-state index in [-0.39, 0.29) is 4.90 Å². The van der Waals surface area contributed by atoms with Crippen molar-refractivity contribution in [3.05, 3.63) is 35.9 Å². The second kappa shape index (κ2) is 6.41. The van der Waals surface area contributed by atoms with Crippen LogP contribution in [0.15, 0.2) is 35.2 Å². The maximum absolute atomic E-state index is 12.6. The van der Waals surface area contributed by atoms with Crippen LogP contribution < -0.4 is 0 Å². The van der Waals surface area contributed by atoms with Crippen LogP contribution in [0.4, 0.5) is 0 Å². The number of piperidine rings is 1. The lowest BCUT2D eigenvalue weighted by molar-refractivity contribution is -0.131. The maximum atomic E-state index is 12.6. The molecule has 0 amide bonds. The van der Waals surface area contributed by atoms with Crippen molar-refractivity contribution in [3.8, 4) is 0 Å². The third kappa shape index (κ3) is 3.92. The van der Waals surface area contributed by atoms with E-state index in [2.05, 4.69) is 0 Å². The minimum atomic E-state index is -3.50. The van der Waals surface area contributed by atoms with Gasteiger partial charge in [0.2, 0.25) is 10.0 Å². The Kier molecular flexibility index (Phi) is 4.80. The van der Waals surface area contributed by atoms with Gasteiger partial charge in [-0.05, 0) is 42.5 Å². The number of hydrogen-bond acceptors (Lipinski definition) is 3. The van der Waals surface area contributed by atoms with Crippen LogP contribution in [0.3, 0.4) is 0 Å². The van der Waals surface area contributed by atoms with Crippen molar-refractivity contribution >= 4 is 22.1 Å². The molecule has 1 atom stereocenters. The van der Waals surface area contributed by atoms with Crippen molar-refractivity contribution in [2.75, 3.05) is 13.1 Å². The van der Waals surface area contributed by atoms with Crippen LogP contribution in [-0.4, -0.2) is 36.9 Å². The molecule has 0 aliphatic carbocycles. The fourth-order valence-corrected chi connectivity index (χ4v) is 4.11. The van der Waals surface area contributed by atoms with E-state index in [9.17, 15) is 13.2 Å². The molecule has 1 saturated heterocycles. The van der Waals surface area contributed by atoms with Crippen molar-refractivity contribution < 1.29 is 18.3 Å². The van der Waals surface area contributed by atoms with Gasteiger partial charge in [0.25, 0.3) is 0 Å². The third-order valence-electron chi connectivity index (χ3n) is 3.53. The van der Waals surface area contributed by atoms with Gasteiger partial charge in [-0.2, -0.15) is 4.31 Å². The lowest BCUT2D eigenvalue weighted by Crippen LogP contribution is -2.39. The van der Waals surface area contributed by atoms with Crippen molar-refractivity contribution in [2.24, 2.45) is 5.92 Å². The molecule has 1 heterocycles. The van der Waals surface area contributed by atoms with E-state index in [1.54, 1.807) is 18.2 Å². The molecule has 2 rings (SSSR count). The highest BCUT2D eigenvalue weighted by Gasteiger charge is 2.28. The summed E-state index contributed by atoms with van der Waals surface area (Å²) in [5.41, 5.74) is 0.559. The van der Waals surface area contributed by atoms with Crippen LogP contribution in [0.5, 0.6) is 0 Å². The lowest BCUT2D eigenvalue weighted by Gasteiger charge is -2.30. The Labute approximate surface area is 124 Å². The number of carboxylic acid groups (broad SMARTS) is 1. The molecule has 0 aromatic heterocycles. The molecule has 1 aliphatic heterocycles. The standard InChI is InChI=1S/C15H19NO4S/c1-12-4-3-9-16(11-12)21(19,20)14-6-2-5-13(10-14)7-8-15(17)18/h2,5-8,10,12H,3-4,9,11H2,1H3,(H,17,18). The van der Waals surface area contributed by atoms with E-state index in [1.165, 1.54) is 16.4 Å². The summed E-state index contributed by atoms with van der Waals surface area (Å²) in [5, 5.41) is 8.62. The molecule has 0 bridgehead atoms. The van der Waals surface area contributed by atoms with E-state index in [4.69, 9.17) is 5.11 Å². The lowest BCUT2D eigenvalue weighted by atomic mass is 10.0. The fourth-order valence-electron chi connectivity index (χ4n) is 2.46. The largest absolute Gasteiger partial charge is 0.478 e. The molecule has 1 N–H and O–H groups in total. The first-order valence-corrected chi connectivity index (χ1v) is 8.35. The molecule has 1 aliphatic rings. The van der Waals surface area contributed by atoms with Crippen LogP contribution in [0.1, 0.15) is 25.3 Å². The number of nitrogens with zero attached hydrogens (tertiary/aromatic N) is 1. The molecular formula is C15H19NO4S. The Balaban J connectivity index is 2.27. The number of sulfonamides is 1. The van der Waals surface area contributed by atoms with Crippen LogP contribution in [0, 0.1) is 5.92 Å². The highest BCUT2D eigenvalue weighted by Crippen LogP contribution is 2.24. The molecule has 1 fully saturated rings. The Morgan fingerprint density at radius 2 is 2.19 bits per heavy atom. The van der Waals surface area contributed by atoms with Crippen LogP contribution in [-0.2, 0) is 14.8 Å². The Morgan fingerprint density at radius 3 is 2.86 bits per heavy atom. The number of carbonyl (C=O) groups is 1. The molecule has 0 saturated carbocycles. The first-order valence-electron chi connectivity index (χ1n) is 6.91. The Morgan fingerprint density at radius 1 is 1.43 bits per heavy atom. The van der Waals surface area contributed by atoms with Crippen LogP contribution in [0.2, 0.25) is 0 Å². The summed E-state index contributed by atoms with van der Waals surface area (Å²) in [6.07, 6.45) is 4.31. The number of aliphatic carboxylic acids is 1. The van der Waals surface area contributed by atoms with Gasteiger partial charge in [-0.15, -0.1) is 0 Å². The highest BCUT2D eigenvalue weighted by molar-refractivity contribution is 7.89. The molecule has 0 radical (unpaired) electrons. The SMILES string of the molecule is CC1CCCN(S(=O)(=O)c2cccc(C=CC(=O)O)c2)C1. The Hall–Kier alpha value is -1.66. The predicted molar refractivity (Wildman–Crippen MR) is 80.3 cm³/mol. The van der Waals surface area contributed by atoms with Crippen molar-refractivity contribution in [1.29, 1.82) is 0 Å². The monoisotopic (exact) mass is 309 g/mol. The zero-order valence-electron chi connectivity index (χ0n) is 11.9. The zero-order chi connectivity index (χ0) is 15.5. The average molecular weight is 309 g/mol. The van der Waals surface area contributed by atoms with Crippen LogP contribution >= 0.6 is 0 Å². The molecule has 5 nitrogen and oxygen atoms in total. The van der Waals surface area contributed by atoms with Gasteiger partial charge in [-0.3, -0.25) is 0 Å². The van der Waals surface area contributed by atoms with E-state index in [1.807, 2.05) is 6.92 Å². The zero-order valence-corrected chi connectivity index (χ0v) is 12.7. The van der Waals surface area contributed by atoms with E-state index >= 15 is 0 Å². The minimum absolute atomic E-state index is 0.212. The topological polar surface area (TPSA) is 74.7 Å². The van der Waals surface area contributed by atoms with Gasteiger partial charge in [0, 0.05) is 19.2 Å². The summed E-state index contributed by atoms with van der Waals surface area (Å²) in [5.74, 6) is -0.697. The number of rotatable bonds is 4. The molecule has 0 spiro atoms. The second-order valence-corrected chi connectivity index (χ2v) is 7.29. The molecule has 6 heteroatoms. The van der Waals surface area contributed by atoms with Gasteiger partial charge in [-0.25, -0.2) is 13.2 Å². The highest BCUT2D eigenvalue weighted by atomic mass is 32.2. The predicted octanol–water partition coefficient (Wildman–Crippen LogP) is 2.21. The first kappa shape index (κ1) is 15.7. The smallest absolute Gasteiger partial charge is 0.328 e. The van der Waals surface area contributed by atoms with E-state index < -0.39 is 16.0 Å². The Bertz CT molecular complexity index is 651. The summed E-state index contributed by atoms with van der Waals surface area (Å²) < 4.78 is 26.7. The van der Waals surface area contributed by atoms with Crippen molar-refractivity contribution in [3.63, 3.8) is 0 Å². The van der Waals surface area contributed by atoms with Crippen molar-refractivity contribution in [1.82, 2.24) is 4.31 Å². The fraction of sp³-hybridized carbons (Fsp3) is 0.400. The summed E-state index contributed by atoms with van der Waals surface area (Å²) >= 11 is 0. The number of carboxylic acids is 1. The normalized spacial score (nSPS) is 20.7. The molecule has 114 valence electrons. The number of hydrogen-bond donors (Lipinski definition) is 1. The van der Waals surface area contributed by atoms with Crippen LogP contribution in [0.25, 0.3) is 6.08 Å². The summed E-state index contributed by atoms with van der Waals surface area (Å²) in [7, 11) is -3.50. The summed E-state index contributed by atoms with van der Waals surface area (Å²) in [6, 6.07) is 6.36. The quantitative estimate of drug-likeness (QED) is 0.865. The van der Waals surface area contributed by atoms with Crippen molar-refractivity contribution in [2.45, 2.75) is 24.7 Å². The number of benzene rings is 1. The molecule has 1 unspecified atom stereocenters.